The Morgan fingerprint density at radius 1 is 1.14 bits per heavy atom. The Morgan fingerprint density at radius 3 is 2.33 bits per heavy atom. The fraction of sp³-hybridized carbons (Fsp3) is 0.267. The smallest absolute Gasteiger partial charge is 0.243 e. The Bertz CT molecular complexity index is 810. The van der Waals surface area contributed by atoms with E-state index in [0.717, 1.165) is 4.31 Å². The van der Waals surface area contributed by atoms with Gasteiger partial charge in [0.05, 0.1) is 12.0 Å². The van der Waals surface area contributed by atoms with Crippen LogP contribution in [0.5, 0.6) is 5.75 Å². The number of fused-ring (bicyclic) bond motifs is 1. The van der Waals surface area contributed by atoms with Crippen LogP contribution in [-0.2, 0) is 10.0 Å². The second kappa shape index (κ2) is 5.46. The quantitative estimate of drug-likeness (QED) is 0.813. The molecule has 0 aliphatic carbocycles. The highest BCUT2D eigenvalue weighted by molar-refractivity contribution is 7.89. The van der Waals surface area contributed by atoms with Gasteiger partial charge < -0.3 is 4.74 Å². The van der Waals surface area contributed by atoms with Crippen molar-refractivity contribution in [1.82, 2.24) is 4.31 Å². The van der Waals surface area contributed by atoms with Gasteiger partial charge >= 0.3 is 0 Å². The summed E-state index contributed by atoms with van der Waals surface area (Å²) in [5.74, 6) is 0.304. The van der Waals surface area contributed by atoms with Gasteiger partial charge in [-0.2, -0.15) is 0 Å². The predicted octanol–water partition coefficient (Wildman–Crippen LogP) is 2.30. The zero-order valence-electron chi connectivity index (χ0n) is 12.4. The van der Waals surface area contributed by atoms with Crippen molar-refractivity contribution in [3.05, 3.63) is 35.9 Å². The van der Waals surface area contributed by atoms with Crippen LogP contribution in [0, 0.1) is 0 Å². The van der Waals surface area contributed by atoms with Crippen LogP contribution in [-0.4, -0.2) is 39.7 Å². The number of carbonyl (C=O) groups excluding carboxylic acids is 1. The number of benzene rings is 2. The molecule has 0 saturated heterocycles. The maximum Gasteiger partial charge on any atom is 0.243 e. The van der Waals surface area contributed by atoms with Crippen molar-refractivity contribution in [3.63, 3.8) is 0 Å². The number of methoxy groups -OCH3 is 1. The molecule has 2 aromatic carbocycles. The Hall–Kier alpha value is -1.92. The van der Waals surface area contributed by atoms with E-state index < -0.39 is 10.0 Å². The number of ketones is 1. The van der Waals surface area contributed by atoms with Gasteiger partial charge in [-0.15, -0.1) is 0 Å². The van der Waals surface area contributed by atoms with Gasteiger partial charge in [-0.25, -0.2) is 12.7 Å². The first-order valence-electron chi connectivity index (χ1n) is 6.34. The average molecular weight is 307 g/mol. The summed E-state index contributed by atoms with van der Waals surface area (Å²) < 4.78 is 31.4. The molecule has 2 aromatic rings. The molecule has 112 valence electrons. The highest BCUT2D eigenvalue weighted by Crippen LogP contribution is 2.34. The Morgan fingerprint density at radius 2 is 1.81 bits per heavy atom. The SMILES string of the molecule is COc1ccc(C(C)=O)c2cccc(S(=O)(=O)N(C)C)c12. The fourth-order valence-corrected chi connectivity index (χ4v) is 3.34. The van der Waals surface area contributed by atoms with E-state index >= 15 is 0 Å². The number of ether oxygens (including phenoxy) is 1. The minimum atomic E-state index is -3.64. The molecule has 0 saturated carbocycles. The van der Waals surface area contributed by atoms with E-state index in [1.54, 1.807) is 24.3 Å². The number of sulfonamides is 1. The molecule has 0 amide bonds. The van der Waals surface area contributed by atoms with E-state index in [9.17, 15) is 13.2 Å². The van der Waals surface area contributed by atoms with Gasteiger partial charge in [-0.1, -0.05) is 12.1 Å². The molecule has 0 aromatic heterocycles. The minimum Gasteiger partial charge on any atom is -0.496 e. The van der Waals surface area contributed by atoms with Crippen LogP contribution in [0.15, 0.2) is 35.2 Å². The Kier molecular flexibility index (Phi) is 4.02. The Labute approximate surface area is 124 Å². The average Bonchev–Trinajstić information content (AvgIpc) is 2.44. The first-order valence-corrected chi connectivity index (χ1v) is 7.78. The molecular formula is C15H17NO4S. The first kappa shape index (κ1) is 15.5. The molecule has 0 fully saturated rings. The van der Waals surface area contributed by atoms with Crippen LogP contribution >= 0.6 is 0 Å². The number of Topliss-reactive ketones (excluding diaryl/α,β-unsaturated/α-hetero) is 1. The standard InChI is InChI=1S/C15H17NO4S/c1-10(17)11-8-9-13(20-4)15-12(11)6-5-7-14(15)21(18,19)16(2)3/h5-9H,1-4H3. The lowest BCUT2D eigenvalue weighted by Gasteiger charge is -2.16. The predicted molar refractivity (Wildman–Crippen MR) is 81.4 cm³/mol. The van der Waals surface area contributed by atoms with Gasteiger partial charge in [-0.05, 0) is 30.5 Å². The Balaban J connectivity index is 2.99. The molecule has 0 aliphatic rings. The molecule has 0 heterocycles. The van der Waals surface area contributed by atoms with Crippen LogP contribution in [0.1, 0.15) is 17.3 Å². The third-order valence-corrected chi connectivity index (χ3v) is 5.18. The molecule has 6 heteroatoms. The molecular weight excluding hydrogens is 290 g/mol. The lowest BCUT2D eigenvalue weighted by atomic mass is 10.0. The van der Waals surface area contributed by atoms with Gasteiger partial charge in [-0.3, -0.25) is 4.79 Å². The van der Waals surface area contributed by atoms with Crippen molar-refractivity contribution in [2.45, 2.75) is 11.8 Å². The maximum atomic E-state index is 12.5. The zero-order valence-corrected chi connectivity index (χ0v) is 13.2. The lowest BCUT2D eigenvalue weighted by molar-refractivity contribution is 0.101. The van der Waals surface area contributed by atoms with Crippen molar-refractivity contribution >= 4 is 26.6 Å². The lowest BCUT2D eigenvalue weighted by Crippen LogP contribution is -2.22. The summed E-state index contributed by atoms with van der Waals surface area (Å²) in [5.41, 5.74) is 0.474. The third kappa shape index (κ3) is 2.52. The summed E-state index contributed by atoms with van der Waals surface area (Å²) >= 11 is 0. The monoisotopic (exact) mass is 307 g/mol. The largest absolute Gasteiger partial charge is 0.496 e. The topological polar surface area (TPSA) is 63.7 Å². The molecule has 0 atom stereocenters. The molecule has 0 N–H and O–H groups in total. The third-order valence-electron chi connectivity index (χ3n) is 3.32. The molecule has 0 bridgehead atoms. The van der Waals surface area contributed by atoms with E-state index in [-0.39, 0.29) is 10.7 Å². The number of hydrogen-bond acceptors (Lipinski definition) is 4. The van der Waals surface area contributed by atoms with Crippen LogP contribution in [0.25, 0.3) is 10.8 Å². The second-order valence-electron chi connectivity index (χ2n) is 4.84. The highest BCUT2D eigenvalue weighted by Gasteiger charge is 2.23. The summed E-state index contributed by atoms with van der Waals surface area (Å²) in [6.45, 7) is 1.45. The number of hydrogen-bond donors (Lipinski definition) is 0. The molecule has 5 nitrogen and oxygen atoms in total. The normalized spacial score (nSPS) is 11.9. The number of carbonyl (C=O) groups is 1. The van der Waals surface area contributed by atoms with Crippen LogP contribution in [0.3, 0.4) is 0 Å². The van der Waals surface area contributed by atoms with Gasteiger partial charge in [0.25, 0.3) is 0 Å². The molecule has 0 spiro atoms. The van der Waals surface area contributed by atoms with Crippen molar-refractivity contribution in [2.24, 2.45) is 0 Å². The van der Waals surface area contributed by atoms with Gasteiger partial charge in [0.2, 0.25) is 10.0 Å². The molecule has 2 rings (SSSR count). The van der Waals surface area contributed by atoms with E-state index in [1.165, 1.54) is 34.2 Å². The maximum absolute atomic E-state index is 12.5. The van der Waals surface area contributed by atoms with E-state index in [4.69, 9.17) is 4.74 Å². The van der Waals surface area contributed by atoms with Gasteiger partial charge in [0, 0.05) is 25.0 Å². The van der Waals surface area contributed by atoms with Gasteiger partial charge in [0.15, 0.2) is 5.78 Å². The summed E-state index contributed by atoms with van der Waals surface area (Å²) in [6.07, 6.45) is 0. The summed E-state index contributed by atoms with van der Waals surface area (Å²) in [4.78, 5) is 11.9. The second-order valence-corrected chi connectivity index (χ2v) is 6.96. The van der Waals surface area contributed by atoms with E-state index in [1.807, 2.05) is 0 Å². The van der Waals surface area contributed by atoms with Crippen molar-refractivity contribution in [3.8, 4) is 5.75 Å². The van der Waals surface area contributed by atoms with Crippen LogP contribution in [0.4, 0.5) is 0 Å². The first-order chi connectivity index (χ1) is 9.80. The summed E-state index contributed by atoms with van der Waals surface area (Å²) in [6, 6.07) is 8.14. The highest BCUT2D eigenvalue weighted by atomic mass is 32.2. The van der Waals surface area contributed by atoms with Crippen molar-refractivity contribution < 1.29 is 17.9 Å². The van der Waals surface area contributed by atoms with Crippen molar-refractivity contribution in [2.75, 3.05) is 21.2 Å². The summed E-state index contributed by atoms with van der Waals surface area (Å²) in [7, 11) is 0.772. The van der Waals surface area contributed by atoms with Crippen LogP contribution in [0.2, 0.25) is 0 Å². The number of rotatable bonds is 4. The zero-order chi connectivity index (χ0) is 15.8. The molecule has 0 unspecified atom stereocenters. The van der Waals surface area contributed by atoms with E-state index in [2.05, 4.69) is 0 Å². The van der Waals surface area contributed by atoms with E-state index in [0.29, 0.717) is 22.1 Å². The van der Waals surface area contributed by atoms with Gasteiger partial charge in [0.1, 0.15) is 5.75 Å². The molecule has 0 radical (unpaired) electrons. The summed E-state index contributed by atoms with van der Waals surface area (Å²) in [5, 5.41) is 1.01. The fourth-order valence-electron chi connectivity index (χ4n) is 2.23. The van der Waals surface area contributed by atoms with Crippen molar-refractivity contribution in [1.29, 1.82) is 0 Å². The number of nitrogens with zero attached hydrogens (tertiary/aromatic N) is 1. The molecule has 0 aliphatic heterocycles. The molecule has 21 heavy (non-hydrogen) atoms. The minimum absolute atomic E-state index is 0.123. The van der Waals surface area contributed by atoms with Crippen LogP contribution < -0.4 is 4.74 Å².